The first kappa shape index (κ1) is 23.3. The minimum atomic E-state index is -0.817. The molecule has 2 aromatic carbocycles. The number of hydrogen-bond acceptors (Lipinski definition) is 7. The molecule has 0 unspecified atom stereocenters. The van der Waals surface area contributed by atoms with Crippen LogP contribution in [0.15, 0.2) is 47.4 Å². The van der Waals surface area contributed by atoms with Gasteiger partial charge in [0.05, 0.1) is 20.4 Å². The first-order valence-corrected chi connectivity index (χ1v) is 11.3. The number of allylic oxidation sites excluding steroid dienone is 1. The summed E-state index contributed by atoms with van der Waals surface area (Å²) in [7, 11) is 4.35. The molecule has 0 fully saturated rings. The van der Waals surface area contributed by atoms with Gasteiger partial charge in [0.1, 0.15) is 28.3 Å². The van der Waals surface area contributed by atoms with Gasteiger partial charge in [0, 0.05) is 19.2 Å². The third kappa shape index (κ3) is 3.90. The number of rotatable bonds is 5. The first-order valence-electron chi connectivity index (χ1n) is 11.3. The van der Waals surface area contributed by atoms with Gasteiger partial charge in [-0.3, -0.25) is 14.0 Å². The third-order valence-corrected chi connectivity index (χ3v) is 6.09. The number of para-hydroxylation sites is 1. The van der Waals surface area contributed by atoms with E-state index in [0.717, 1.165) is 0 Å². The van der Waals surface area contributed by atoms with Gasteiger partial charge in [-0.1, -0.05) is 18.2 Å². The smallest absolute Gasteiger partial charge is 0.351 e. The number of nitrogens with zero attached hydrogens (tertiary/aromatic N) is 4. The highest BCUT2D eigenvalue weighted by Gasteiger charge is 2.27. The van der Waals surface area contributed by atoms with Gasteiger partial charge < -0.3 is 14.2 Å². The van der Waals surface area contributed by atoms with Crippen LogP contribution in [0.4, 0.5) is 4.39 Å². The Morgan fingerprint density at radius 2 is 1.94 bits per heavy atom. The Morgan fingerprint density at radius 1 is 1.17 bits per heavy atom. The van der Waals surface area contributed by atoms with Gasteiger partial charge >= 0.3 is 5.97 Å². The number of carbonyl (C=O) groups excluding carboxylic acids is 1. The Morgan fingerprint density at radius 3 is 2.67 bits per heavy atom. The molecule has 1 aliphatic rings. The molecule has 0 spiro atoms. The molecule has 2 aromatic heterocycles. The lowest BCUT2D eigenvalue weighted by Crippen LogP contribution is -2.27. The average molecular weight is 490 g/mol. The maximum Gasteiger partial charge on any atom is 0.351 e. The van der Waals surface area contributed by atoms with Crippen LogP contribution in [0.2, 0.25) is 0 Å². The molecule has 36 heavy (non-hydrogen) atoms. The van der Waals surface area contributed by atoms with E-state index in [2.05, 4.69) is 10.1 Å². The highest BCUT2D eigenvalue weighted by Crippen LogP contribution is 2.37. The van der Waals surface area contributed by atoms with Crippen LogP contribution in [0.25, 0.3) is 22.7 Å². The molecule has 1 aliphatic heterocycles. The number of halogens is 1. The largest absolute Gasteiger partial charge is 0.496 e. The molecule has 0 radical (unpaired) electrons. The van der Waals surface area contributed by atoms with E-state index >= 15 is 4.39 Å². The van der Waals surface area contributed by atoms with Crippen LogP contribution in [-0.2, 0) is 13.6 Å². The molecule has 0 bridgehead atoms. The molecule has 5 rings (SSSR count). The number of methoxy groups -OCH3 is 2. The number of benzene rings is 2. The Labute approximate surface area is 205 Å². The number of esters is 1. The van der Waals surface area contributed by atoms with Crippen LogP contribution in [0, 0.1) is 5.82 Å². The zero-order valence-electron chi connectivity index (χ0n) is 19.9. The molecule has 0 saturated carbocycles. The fourth-order valence-corrected chi connectivity index (χ4v) is 4.36. The summed E-state index contributed by atoms with van der Waals surface area (Å²) in [5.74, 6) is -1.04. The summed E-state index contributed by atoms with van der Waals surface area (Å²) in [6, 6.07) is 9.85. The quantitative estimate of drug-likeness (QED) is 0.310. The Bertz CT molecular complexity index is 1570. The predicted molar refractivity (Wildman–Crippen MR) is 131 cm³/mol. The summed E-state index contributed by atoms with van der Waals surface area (Å²) in [4.78, 5) is 30.6. The molecule has 184 valence electrons. The van der Waals surface area contributed by atoms with Crippen molar-refractivity contribution >= 4 is 28.7 Å². The van der Waals surface area contributed by atoms with E-state index < -0.39 is 11.8 Å². The highest BCUT2D eigenvalue weighted by molar-refractivity contribution is 5.98. The topological polar surface area (TPSA) is 97.5 Å². The second kappa shape index (κ2) is 9.29. The molecule has 0 N–H and O–H groups in total. The minimum Gasteiger partial charge on any atom is -0.496 e. The van der Waals surface area contributed by atoms with Crippen molar-refractivity contribution in [2.24, 2.45) is 7.05 Å². The summed E-state index contributed by atoms with van der Waals surface area (Å²) in [5.41, 5.74) is 0.891. The number of fused-ring (bicyclic) bond motifs is 2. The van der Waals surface area contributed by atoms with E-state index in [9.17, 15) is 9.59 Å². The second-order valence-corrected chi connectivity index (χ2v) is 8.26. The van der Waals surface area contributed by atoms with Gasteiger partial charge in [-0.2, -0.15) is 5.10 Å². The van der Waals surface area contributed by atoms with Crippen LogP contribution >= 0.6 is 0 Å². The molecule has 0 amide bonds. The molecule has 0 saturated heterocycles. The number of hydrogen-bond donors (Lipinski definition) is 0. The van der Waals surface area contributed by atoms with Crippen molar-refractivity contribution in [3.63, 3.8) is 0 Å². The lowest BCUT2D eigenvalue weighted by Gasteiger charge is -2.21. The summed E-state index contributed by atoms with van der Waals surface area (Å²) in [6.45, 7) is 0.503. The normalized spacial score (nSPS) is 14.1. The molecule has 9 nitrogen and oxygen atoms in total. The molecule has 0 atom stereocenters. The van der Waals surface area contributed by atoms with Crippen molar-refractivity contribution in [3.8, 4) is 17.2 Å². The Hall–Kier alpha value is -4.47. The molecular weight excluding hydrogens is 467 g/mol. The van der Waals surface area contributed by atoms with Crippen LogP contribution in [-0.4, -0.2) is 39.5 Å². The van der Waals surface area contributed by atoms with Crippen molar-refractivity contribution < 1.29 is 23.4 Å². The van der Waals surface area contributed by atoms with Gasteiger partial charge in [-0.15, -0.1) is 0 Å². The fraction of sp³-hybridized carbons (Fsp3) is 0.231. The van der Waals surface area contributed by atoms with E-state index in [1.807, 2.05) is 0 Å². The molecule has 10 heteroatoms. The molecule has 4 aromatic rings. The van der Waals surface area contributed by atoms with E-state index in [4.69, 9.17) is 14.2 Å². The van der Waals surface area contributed by atoms with Crippen molar-refractivity contribution in [2.75, 3.05) is 14.2 Å². The van der Waals surface area contributed by atoms with Gasteiger partial charge in [0.15, 0.2) is 17.2 Å². The minimum absolute atomic E-state index is 0.0873. The molecular formula is C26H23FN4O5. The Kier molecular flexibility index (Phi) is 6.01. The fourth-order valence-electron chi connectivity index (χ4n) is 4.36. The molecule has 3 heterocycles. The van der Waals surface area contributed by atoms with Crippen LogP contribution in [0.1, 0.15) is 34.6 Å². The summed E-state index contributed by atoms with van der Waals surface area (Å²) >= 11 is 0. The average Bonchev–Trinajstić information content (AvgIpc) is 3.26. The van der Waals surface area contributed by atoms with Crippen LogP contribution in [0.5, 0.6) is 17.2 Å². The van der Waals surface area contributed by atoms with E-state index in [1.165, 1.54) is 31.2 Å². The predicted octanol–water partition coefficient (Wildman–Crippen LogP) is 3.84. The Balaban J connectivity index is 1.63. The number of carbonyl (C=O) groups is 1. The van der Waals surface area contributed by atoms with Gasteiger partial charge in [0.2, 0.25) is 0 Å². The van der Waals surface area contributed by atoms with Crippen molar-refractivity contribution in [3.05, 3.63) is 75.7 Å². The van der Waals surface area contributed by atoms with Crippen molar-refractivity contribution in [1.82, 2.24) is 19.3 Å². The lowest BCUT2D eigenvalue weighted by atomic mass is 10.00. The van der Waals surface area contributed by atoms with E-state index in [1.54, 1.807) is 48.0 Å². The zero-order chi connectivity index (χ0) is 25.4. The number of ether oxygens (including phenoxy) is 3. The lowest BCUT2D eigenvalue weighted by molar-refractivity contribution is 0.0726. The van der Waals surface area contributed by atoms with Crippen molar-refractivity contribution in [2.45, 2.75) is 19.4 Å². The SMILES string of the molecule is COc1cc(/C=C2\CCCn3c2nc2c(cnn2C)c3=O)c(F)c(OC)c1C(=O)Oc1ccccc1. The maximum absolute atomic E-state index is 15.7. The van der Waals surface area contributed by atoms with Gasteiger partial charge in [0.25, 0.3) is 5.56 Å². The maximum atomic E-state index is 15.7. The monoisotopic (exact) mass is 490 g/mol. The van der Waals surface area contributed by atoms with E-state index in [-0.39, 0.29) is 28.2 Å². The standard InChI is InChI=1S/C26H23FN4O5/c1-30-24-18(14-28-30)25(32)31-11-7-8-15(23(31)29-24)12-16-13-19(34-2)20(22(35-3)21(16)27)26(33)36-17-9-5-4-6-10-17/h4-6,9-10,12-14H,7-8,11H2,1-3H3/b15-12+. The summed E-state index contributed by atoms with van der Waals surface area (Å²) in [6.07, 6.45) is 4.37. The summed E-state index contributed by atoms with van der Waals surface area (Å²) < 4.78 is 34.9. The van der Waals surface area contributed by atoms with Crippen LogP contribution in [0.3, 0.4) is 0 Å². The first-order chi connectivity index (χ1) is 17.4. The molecule has 0 aliphatic carbocycles. The highest BCUT2D eigenvalue weighted by atomic mass is 19.1. The zero-order valence-corrected chi connectivity index (χ0v) is 19.9. The van der Waals surface area contributed by atoms with Crippen molar-refractivity contribution in [1.29, 1.82) is 0 Å². The third-order valence-electron chi connectivity index (χ3n) is 6.09. The second-order valence-electron chi connectivity index (χ2n) is 8.26. The number of aryl methyl sites for hydroxylation is 1. The van der Waals surface area contributed by atoms with Gasteiger partial charge in [-0.25, -0.2) is 14.2 Å². The van der Waals surface area contributed by atoms with E-state index in [0.29, 0.717) is 47.6 Å². The summed E-state index contributed by atoms with van der Waals surface area (Å²) in [5, 5.41) is 4.57. The van der Waals surface area contributed by atoms with Crippen LogP contribution < -0.4 is 19.8 Å². The number of aromatic nitrogens is 4. The van der Waals surface area contributed by atoms with Gasteiger partial charge in [-0.05, 0) is 42.7 Å².